The van der Waals surface area contributed by atoms with Crippen LogP contribution < -0.4 is 14.7 Å². The summed E-state index contributed by atoms with van der Waals surface area (Å²) in [6.45, 7) is 2.17. The Morgan fingerprint density at radius 3 is 2.36 bits per heavy atom. The first kappa shape index (κ1) is 25.3. The molecule has 0 bridgehead atoms. The van der Waals surface area contributed by atoms with E-state index >= 15 is 0 Å². The number of benzene rings is 3. The summed E-state index contributed by atoms with van der Waals surface area (Å²) in [6.07, 6.45) is 0.0590. The minimum atomic E-state index is -3.91. The summed E-state index contributed by atoms with van der Waals surface area (Å²) in [5.41, 5.74) is 0.963. The van der Waals surface area contributed by atoms with Gasteiger partial charge in [-0.3, -0.25) is 9.59 Å². The molecule has 3 aromatic carbocycles. The number of carbonyl (C=O) groups excluding carboxylic acids is 2. The van der Waals surface area contributed by atoms with E-state index in [1.807, 2.05) is 30.3 Å². The molecule has 1 heterocycles. The molecule has 0 radical (unpaired) electrons. The molecule has 4 rings (SSSR count). The van der Waals surface area contributed by atoms with Crippen molar-refractivity contribution in [3.05, 3.63) is 83.2 Å². The van der Waals surface area contributed by atoms with E-state index in [0.717, 1.165) is 11.3 Å². The number of amides is 1. The van der Waals surface area contributed by atoms with E-state index in [2.05, 4.69) is 4.99 Å². The number of esters is 1. The molecule has 2 N–H and O–H groups in total. The molecular weight excluding hydrogens is 502 g/mol. The number of ether oxygens (including phenoxy) is 2. The minimum absolute atomic E-state index is 0.0549. The monoisotopic (exact) mass is 525 g/mol. The third kappa shape index (κ3) is 6.06. The van der Waals surface area contributed by atoms with Crippen molar-refractivity contribution < 1.29 is 27.5 Å². The third-order valence-electron chi connectivity index (χ3n) is 5.10. The van der Waals surface area contributed by atoms with Gasteiger partial charge in [-0.25, -0.2) is 13.6 Å². The minimum Gasteiger partial charge on any atom is -0.466 e. The van der Waals surface area contributed by atoms with Crippen molar-refractivity contribution in [3.63, 3.8) is 0 Å². The van der Waals surface area contributed by atoms with Gasteiger partial charge in [0.25, 0.3) is 5.91 Å². The second-order valence-corrected chi connectivity index (χ2v) is 10.2. The van der Waals surface area contributed by atoms with Crippen LogP contribution in [0.1, 0.15) is 23.7 Å². The summed E-state index contributed by atoms with van der Waals surface area (Å²) in [4.78, 5) is 29.4. The first-order valence-electron chi connectivity index (χ1n) is 11.0. The van der Waals surface area contributed by atoms with Gasteiger partial charge in [-0.2, -0.15) is 4.99 Å². The maximum Gasteiger partial charge on any atom is 0.307 e. The fraction of sp³-hybridized carbons (Fsp3) is 0.160. The molecule has 11 heteroatoms. The van der Waals surface area contributed by atoms with E-state index in [4.69, 9.17) is 14.6 Å². The van der Waals surface area contributed by atoms with Crippen molar-refractivity contribution in [1.82, 2.24) is 4.57 Å². The number of nitrogens with zero attached hydrogens (tertiary/aromatic N) is 2. The van der Waals surface area contributed by atoms with Gasteiger partial charge < -0.3 is 14.0 Å². The molecule has 1 amide bonds. The normalized spacial score (nSPS) is 12.0. The Morgan fingerprint density at radius 2 is 1.69 bits per heavy atom. The maximum atomic E-state index is 13.0. The van der Waals surface area contributed by atoms with Crippen LogP contribution >= 0.6 is 11.3 Å². The number of rotatable bonds is 8. The number of sulfonamides is 1. The van der Waals surface area contributed by atoms with E-state index in [1.165, 1.54) is 12.1 Å². The molecule has 0 saturated heterocycles. The van der Waals surface area contributed by atoms with Crippen molar-refractivity contribution in [2.45, 2.75) is 24.8 Å². The fourth-order valence-corrected chi connectivity index (χ4v) is 5.12. The van der Waals surface area contributed by atoms with Crippen molar-refractivity contribution in [2.24, 2.45) is 10.1 Å². The van der Waals surface area contributed by atoms with Crippen LogP contribution in [0.4, 0.5) is 0 Å². The summed E-state index contributed by atoms with van der Waals surface area (Å²) < 4.78 is 36.6. The number of fused-ring (bicyclic) bond motifs is 1. The number of hydrogen-bond donors (Lipinski definition) is 1. The molecule has 0 aliphatic heterocycles. The van der Waals surface area contributed by atoms with E-state index in [0.29, 0.717) is 32.1 Å². The molecule has 0 spiro atoms. The lowest BCUT2D eigenvalue weighted by molar-refractivity contribution is -0.143. The molecule has 1 aromatic heterocycles. The SMILES string of the molecule is CCOC(=O)CCn1c(=NC(=O)c2ccc(Oc3ccccc3)cc2)sc2cc(S(N)(=O)=O)ccc21. The van der Waals surface area contributed by atoms with Crippen LogP contribution in [0.3, 0.4) is 0 Å². The summed E-state index contributed by atoms with van der Waals surface area (Å²) in [5, 5.41) is 5.26. The first-order valence-corrected chi connectivity index (χ1v) is 13.3. The molecule has 36 heavy (non-hydrogen) atoms. The highest BCUT2D eigenvalue weighted by atomic mass is 32.2. The van der Waals surface area contributed by atoms with Crippen LogP contribution in [0.5, 0.6) is 11.5 Å². The third-order valence-corrected chi connectivity index (χ3v) is 7.06. The van der Waals surface area contributed by atoms with Gasteiger partial charge in [-0.05, 0) is 61.5 Å². The van der Waals surface area contributed by atoms with E-state index in [1.54, 1.807) is 41.8 Å². The Hall–Kier alpha value is -3.80. The zero-order valence-corrected chi connectivity index (χ0v) is 20.9. The van der Waals surface area contributed by atoms with Crippen LogP contribution in [-0.4, -0.2) is 31.5 Å². The standard InChI is InChI=1S/C25H23N3O6S2/c1-2-33-23(29)14-15-28-21-13-12-20(36(26,31)32)16-22(21)35-25(28)27-24(30)17-8-10-19(11-9-17)34-18-6-4-3-5-7-18/h3-13,16H,2,14-15H2,1H3,(H2,26,31,32). The average Bonchev–Trinajstić information content (AvgIpc) is 3.19. The van der Waals surface area contributed by atoms with Gasteiger partial charge >= 0.3 is 5.97 Å². The van der Waals surface area contributed by atoms with Gasteiger partial charge in [-0.1, -0.05) is 29.5 Å². The number of aromatic nitrogens is 1. The van der Waals surface area contributed by atoms with Crippen LogP contribution in [-0.2, 0) is 26.1 Å². The number of aryl methyl sites for hydroxylation is 1. The van der Waals surface area contributed by atoms with E-state index in [-0.39, 0.29) is 24.5 Å². The number of carbonyl (C=O) groups is 2. The Kier molecular flexibility index (Phi) is 7.63. The zero-order valence-electron chi connectivity index (χ0n) is 19.3. The highest BCUT2D eigenvalue weighted by Crippen LogP contribution is 2.23. The highest BCUT2D eigenvalue weighted by molar-refractivity contribution is 7.89. The summed E-state index contributed by atoms with van der Waals surface area (Å²) in [6, 6.07) is 20.2. The Balaban J connectivity index is 1.67. The number of primary sulfonamides is 1. The van der Waals surface area contributed by atoms with Gasteiger partial charge in [0.05, 0.1) is 28.1 Å². The molecule has 186 valence electrons. The van der Waals surface area contributed by atoms with Crippen molar-refractivity contribution in [3.8, 4) is 11.5 Å². The molecule has 0 fully saturated rings. The van der Waals surface area contributed by atoms with Gasteiger partial charge in [0.2, 0.25) is 10.0 Å². The molecule has 9 nitrogen and oxygen atoms in total. The number of nitrogens with two attached hydrogens (primary N) is 1. The molecule has 0 atom stereocenters. The average molecular weight is 526 g/mol. The molecule has 0 unspecified atom stereocenters. The molecule has 4 aromatic rings. The summed E-state index contributed by atoms with van der Waals surface area (Å²) in [5.74, 6) is 0.355. The highest BCUT2D eigenvalue weighted by Gasteiger charge is 2.15. The van der Waals surface area contributed by atoms with Crippen LogP contribution in [0.25, 0.3) is 10.2 Å². The smallest absolute Gasteiger partial charge is 0.307 e. The van der Waals surface area contributed by atoms with Gasteiger partial charge in [0.1, 0.15) is 11.5 Å². The van der Waals surface area contributed by atoms with Crippen LogP contribution in [0, 0.1) is 0 Å². The Morgan fingerprint density at radius 1 is 1.00 bits per heavy atom. The quantitative estimate of drug-likeness (QED) is 0.348. The number of hydrogen-bond acceptors (Lipinski definition) is 7. The topological polar surface area (TPSA) is 130 Å². The predicted molar refractivity (Wildman–Crippen MR) is 135 cm³/mol. The number of thiazole rings is 1. The second-order valence-electron chi connectivity index (χ2n) is 7.62. The largest absolute Gasteiger partial charge is 0.466 e. The molecule has 0 aliphatic rings. The van der Waals surface area contributed by atoms with Gasteiger partial charge in [0, 0.05) is 12.1 Å². The van der Waals surface area contributed by atoms with Crippen molar-refractivity contribution in [2.75, 3.05) is 6.61 Å². The first-order chi connectivity index (χ1) is 17.2. The lowest BCUT2D eigenvalue weighted by Crippen LogP contribution is -2.19. The predicted octanol–water partition coefficient (Wildman–Crippen LogP) is 3.84. The lowest BCUT2D eigenvalue weighted by atomic mass is 10.2. The van der Waals surface area contributed by atoms with Crippen LogP contribution in [0.2, 0.25) is 0 Å². The fourth-order valence-electron chi connectivity index (χ4n) is 3.41. The Bertz CT molecular complexity index is 1570. The van der Waals surface area contributed by atoms with Crippen molar-refractivity contribution in [1.29, 1.82) is 0 Å². The molecule has 0 saturated carbocycles. The zero-order chi connectivity index (χ0) is 25.7. The van der Waals surface area contributed by atoms with E-state index < -0.39 is 21.9 Å². The number of para-hydroxylation sites is 1. The molecule has 0 aliphatic carbocycles. The van der Waals surface area contributed by atoms with E-state index in [9.17, 15) is 18.0 Å². The second kappa shape index (κ2) is 10.9. The maximum absolute atomic E-state index is 13.0. The van der Waals surface area contributed by atoms with Gasteiger partial charge in [0.15, 0.2) is 4.80 Å². The van der Waals surface area contributed by atoms with Gasteiger partial charge in [-0.15, -0.1) is 0 Å². The lowest BCUT2D eigenvalue weighted by Gasteiger charge is -2.06. The molecular formula is C25H23N3O6S2. The van der Waals surface area contributed by atoms with Crippen molar-refractivity contribution >= 4 is 43.5 Å². The van der Waals surface area contributed by atoms with Crippen LogP contribution in [0.15, 0.2) is 82.7 Å². The summed E-state index contributed by atoms with van der Waals surface area (Å²) in [7, 11) is -3.91. The Labute approximate surface area is 211 Å². The summed E-state index contributed by atoms with van der Waals surface area (Å²) >= 11 is 1.13.